The summed E-state index contributed by atoms with van der Waals surface area (Å²) in [6.45, 7) is 6.37. The van der Waals surface area contributed by atoms with E-state index in [0.29, 0.717) is 5.92 Å². The third-order valence-electron chi connectivity index (χ3n) is 1.68. The molecule has 0 amide bonds. The Kier molecular flexibility index (Phi) is 3.60. The number of aromatic nitrogens is 1. The monoisotopic (exact) mass is 196 g/mol. The molecular weight excluding hydrogens is 180 g/mol. The number of rotatable bonds is 3. The van der Waals surface area contributed by atoms with Gasteiger partial charge in [-0.15, -0.1) is 11.8 Å². The summed E-state index contributed by atoms with van der Waals surface area (Å²) in [5, 5.41) is 1.02. The fourth-order valence-electron chi connectivity index (χ4n) is 0.850. The summed E-state index contributed by atoms with van der Waals surface area (Å²) < 4.78 is 0. The molecule has 13 heavy (non-hydrogen) atoms. The summed E-state index contributed by atoms with van der Waals surface area (Å²) in [5.74, 6) is 1.78. The number of anilines is 1. The predicted octanol–water partition coefficient (Wildman–Crippen LogP) is 2.72. The maximum Gasteiger partial charge on any atom is 0.0980 e. The lowest BCUT2D eigenvalue weighted by molar-refractivity contribution is 0.749. The van der Waals surface area contributed by atoms with E-state index in [-0.39, 0.29) is 0 Å². The molecule has 1 rings (SSSR count). The molecule has 2 N–H and O–H groups in total. The Morgan fingerprint density at radius 1 is 1.54 bits per heavy atom. The maximum atomic E-state index is 5.77. The van der Waals surface area contributed by atoms with Gasteiger partial charge in [0.25, 0.3) is 0 Å². The second-order valence-electron chi connectivity index (χ2n) is 3.58. The zero-order valence-corrected chi connectivity index (χ0v) is 9.19. The molecule has 0 aliphatic heterocycles. The van der Waals surface area contributed by atoms with Gasteiger partial charge >= 0.3 is 0 Å². The van der Waals surface area contributed by atoms with Crippen molar-refractivity contribution in [3.05, 3.63) is 17.8 Å². The summed E-state index contributed by atoms with van der Waals surface area (Å²) >= 11 is 1.76. The highest BCUT2D eigenvalue weighted by Gasteiger charge is 2.00. The van der Waals surface area contributed by atoms with Crippen LogP contribution in [0.5, 0.6) is 0 Å². The highest BCUT2D eigenvalue weighted by Crippen LogP contribution is 2.21. The molecule has 0 aliphatic carbocycles. The van der Waals surface area contributed by atoms with E-state index in [1.807, 2.05) is 19.2 Å². The fraction of sp³-hybridized carbons (Fsp3) is 0.500. The van der Waals surface area contributed by atoms with E-state index in [4.69, 9.17) is 5.73 Å². The van der Waals surface area contributed by atoms with Crippen LogP contribution in [-0.4, -0.2) is 10.7 Å². The lowest BCUT2D eigenvalue weighted by Crippen LogP contribution is -1.94. The van der Waals surface area contributed by atoms with Crippen molar-refractivity contribution in [3.8, 4) is 0 Å². The van der Waals surface area contributed by atoms with E-state index in [2.05, 4.69) is 18.8 Å². The summed E-state index contributed by atoms with van der Waals surface area (Å²) in [6, 6.07) is 1.95. The Hall–Kier alpha value is -0.700. The van der Waals surface area contributed by atoms with Gasteiger partial charge in [0.15, 0.2) is 0 Å². The van der Waals surface area contributed by atoms with E-state index < -0.39 is 0 Å². The number of hydrogen-bond acceptors (Lipinski definition) is 3. The first-order valence-electron chi connectivity index (χ1n) is 4.44. The molecule has 0 aromatic carbocycles. The van der Waals surface area contributed by atoms with Crippen molar-refractivity contribution < 1.29 is 0 Å². The van der Waals surface area contributed by atoms with Crippen LogP contribution in [0.2, 0.25) is 0 Å². The Labute approximate surface area is 83.9 Å². The highest BCUT2D eigenvalue weighted by molar-refractivity contribution is 7.99. The smallest absolute Gasteiger partial charge is 0.0980 e. The van der Waals surface area contributed by atoms with Gasteiger partial charge in [0, 0.05) is 17.6 Å². The summed E-state index contributed by atoms with van der Waals surface area (Å²) in [5.41, 5.74) is 7.66. The number of hydrogen-bond donors (Lipinski definition) is 1. The van der Waals surface area contributed by atoms with Crippen LogP contribution < -0.4 is 5.73 Å². The quantitative estimate of drug-likeness (QED) is 0.755. The minimum atomic E-state index is 0.689. The molecule has 0 saturated heterocycles. The summed E-state index contributed by atoms with van der Waals surface area (Å²) in [6.07, 6.45) is 1.83. The number of nitrogen functional groups attached to an aromatic ring is 1. The van der Waals surface area contributed by atoms with Crippen molar-refractivity contribution in [1.82, 2.24) is 4.98 Å². The molecule has 1 aromatic heterocycles. The molecule has 0 aliphatic rings. The molecule has 1 aromatic rings. The van der Waals surface area contributed by atoms with E-state index in [9.17, 15) is 0 Å². The molecule has 1 heterocycles. The van der Waals surface area contributed by atoms with Crippen molar-refractivity contribution in [1.29, 1.82) is 0 Å². The molecule has 3 heteroatoms. The van der Waals surface area contributed by atoms with Gasteiger partial charge in [0.2, 0.25) is 0 Å². The van der Waals surface area contributed by atoms with Gasteiger partial charge in [-0.2, -0.15) is 0 Å². The van der Waals surface area contributed by atoms with Crippen molar-refractivity contribution in [3.63, 3.8) is 0 Å². The largest absolute Gasteiger partial charge is 0.398 e. The van der Waals surface area contributed by atoms with Crippen LogP contribution in [0, 0.1) is 12.8 Å². The Balaban J connectivity index is 2.63. The number of aryl methyl sites for hydroxylation is 1. The Morgan fingerprint density at radius 2 is 2.23 bits per heavy atom. The fourth-order valence-corrected chi connectivity index (χ4v) is 1.69. The molecule has 0 fully saturated rings. The van der Waals surface area contributed by atoms with E-state index >= 15 is 0 Å². The molecule has 0 atom stereocenters. The van der Waals surface area contributed by atoms with Crippen molar-refractivity contribution in [2.75, 3.05) is 11.5 Å². The standard InChI is InChI=1S/C10H16N2S/c1-7(2)6-13-10-4-9(11)8(3)5-12-10/h4-5,7H,6H2,1-3H3,(H2,11,12). The van der Waals surface area contributed by atoms with Gasteiger partial charge in [-0.25, -0.2) is 4.98 Å². The molecule has 2 nitrogen and oxygen atoms in total. The van der Waals surface area contributed by atoms with Crippen LogP contribution in [0.3, 0.4) is 0 Å². The van der Waals surface area contributed by atoms with Crippen LogP contribution in [0.25, 0.3) is 0 Å². The number of thioether (sulfide) groups is 1. The van der Waals surface area contributed by atoms with Gasteiger partial charge in [0.1, 0.15) is 0 Å². The number of nitrogens with zero attached hydrogens (tertiary/aromatic N) is 1. The Morgan fingerprint density at radius 3 is 2.77 bits per heavy atom. The van der Waals surface area contributed by atoms with Gasteiger partial charge in [0.05, 0.1) is 5.03 Å². The van der Waals surface area contributed by atoms with Crippen molar-refractivity contribution in [2.24, 2.45) is 5.92 Å². The SMILES string of the molecule is Cc1cnc(SCC(C)C)cc1N. The maximum absolute atomic E-state index is 5.77. The van der Waals surface area contributed by atoms with E-state index in [1.54, 1.807) is 11.8 Å². The molecule has 0 saturated carbocycles. The second-order valence-corrected chi connectivity index (χ2v) is 4.62. The number of pyridine rings is 1. The van der Waals surface area contributed by atoms with Crippen LogP contribution in [-0.2, 0) is 0 Å². The number of nitrogens with two attached hydrogens (primary N) is 1. The van der Waals surface area contributed by atoms with Gasteiger partial charge in [-0.1, -0.05) is 13.8 Å². The molecule has 0 spiro atoms. The summed E-state index contributed by atoms with van der Waals surface area (Å²) in [4.78, 5) is 4.29. The van der Waals surface area contributed by atoms with Crippen LogP contribution >= 0.6 is 11.8 Å². The lowest BCUT2D eigenvalue weighted by atomic mass is 10.3. The first-order chi connectivity index (χ1) is 6.09. The van der Waals surface area contributed by atoms with Gasteiger partial charge in [-0.3, -0.25) is 0 Å². The Bertz CT molecular complexity index is 284. The average molecular weight is 196 g/mol. The third-order valence-corrected chi connectivity index (χ3v) is 3.04. The molecule has 0 bridgehead atoms. The molecule has 72 valence electrons. The summed E-state index contributed by atoms with van der Waals surface area (Å²) in [7, 11) is 0. The lowest BCUT2D eigenvalue weighted by Gasteiger charge is -2.05. The normalized spacial score (nSPS) is 10.8. The minimum absolute atomic E-state index is 0.689. The van der Waals surface area contributed by atoms with E-state index in [1.165, 1.54) is 0 Å². The topological polar surface area (TPSA) is 38.9 Å². The predicted molar refractivity (Wildman–Crippen MR) is 58.9 cm³/mol. The molecule has 0 unspecified atom stereocenters. The molecule has 0 radical (unpaired) electrons. The first-order valence-corrected chi connectivity index (χ1v) is 5.43. The van der Waals surface area contributed by atoms with Gasteiger partial charge < -0.3 is 5.73 Å². The second kappa shape index (κ2) is 4.51. The first kappa shape index (κ1) is 10.4. The minimum Gasteiger partial charge on any atom is -0.398 e. The van der Waals surface area contributed by atoms with Crippen molar-refractivity contribution >= 4 is 17.4 Å². The zero-order chi connectivity index (χ0) is 9.84. The van der Waals surface area contributed by atoms with Crippen molar-refractivity contribution in [2.45, 2.75) is 25.8 Å². The van der Waals surface area contributed by atoms with Crippen LogP contribution in [0.4, 0.5) is 5.69 Å². The van der Waals surface area contributed by atoms with Crippen LogP contribution in [0.1, 0.15) is 19.4 Å². The van der Waals surface area contributed by atoms with E-state index in [0.717, 1.165) is 22.0 Å². The highest BCUT2D eigenvalue weighted by atomic mass is 32.2. The zero-order valence-electron chi connectivity index (χ0n) is 8.37. The third kappa shape index (κ3) is 3.27. The molecular formula is C10H16N2S. The average Bonchev–Trinajstić information content (AvgIpc) is 2.07. The van der Waals surface area contributed by atoms with Gasteiger partial charge in [-0.05, 0) is 24.5 Å². The van der Waals surface area contributed by atoms with Crippen LogP contribution in [0.15, 0.2) is 17.3 Å².